The monoisotopic (exact) mass is 448 g/mol. The molecule has 2 aromatic carbocycles. The van der Waals surface area contributed by atoms with E-state index in [0.717, 1.165) is 30.4 Å². The van der Waals surface area contributed by atoms with Gasteiger partial charge in [0.15, 0.2) is 0 Å². The molecule has 0 bridgehead atoms. The second-order valence-electron chi connectivity index (χ2n) is 5.06. The van der Waals surface area contributed by atoms with Crippen LogP contribution in [0.2, 0.25) is 0 Å². The van der Waals surface area contributed by atoms with E-state index in [1.165, 1.54) is 12.1 Å². The first-order chi connectivity index (χ1) is 11.9. The summed E-state index contributed by atoms with van der Waals surface area (Å²) in [5.41, 5.74) is 4.86. The third kappa shape index (κ3) is 6.91. The Kier molecular flexibility index (Phi) is 10.0. The third-order valence-electron chi connectivity index (χ3n) is 3.24. The second-order valence-corrected chi connectivity index (χ2v) is 7.84. The number of nitro groups is 1. The van der Waals surface area contributed by atoms with Crippen LogP contribution in [-0.4, -0.2) is 30.9 Å². The molecule has 0 radical (unpaired) electrons. The van der Waals surface area contributed by atoms with Crippen molar-refractivity contribution in [1.82, 2.24) is 0 Å². The summed E-state index contributed by atoms with van der Waals surface area (Å²) in [6.07, 6.45) is 2.27. The number of rotatable bonds is 5. The SMILES string of the molecule is Nc1ccc(/C=C/c2ccc([N+](=O)[O-])cc2S(=O)(=O)O)c(S(=O)(=O)O)c1.[H-].[H-].[Na+].[Na+]. The fraction of sp³-hybridized carbons (Fsp3) is 0. The Morgan fingerprint density at radius 1 is 0.893 bits per heavy atom. The quantitative estimate of drug-likeness (QED) is 0.103. The molecule has 0 saturated heterocycles. The molecule has 2 rings (SSSR count). The van der Waals surface area contributed by atoms with Crippen LogP contribution < -0.4 is 64.8 Å². The van der Waals surface area contributed by atoms with Gasteiger partial charge in [-0.25, -0.2) is 0 Å². The van der Waals surface area contributed by atoms with Gasteiger partial charge < -0.3 is 8.59 Å². The van der Waals surface area contributed by atoms with E-state index in [-0.39, 0.29) is 78.8 Å². The van der Waals surface area contributed by atoms with Crippen LogP contribution in [0.5, 0.6) is 0 Å². The van der Waals surface area contributed by atoms with E-state index in [2.05, 4.69) is 0 Å². The molecule has 0 aromatic heterocycles. The van der Waals surface area contributed by atoms with Crippen LogP contribution >= 0.6 is 0 Å². The number of hydrogen-bond donors (Lipinski definition) is 3. The van der Waals surface area contributed by atoms with Crippen molar-refractivity contribution in [2.75, 3.05) is 5.73 Å². The van der Waals surface area contributed by atoms with Crippen LogP contribution in [0.1, 0.15) is 14.0 Å². The summed E-state index contributed by atoms with van der Waals surface area (Å²) in [7, 11) is -9.39. The number of nitrogens with zero attached hydrogens (tertiary/aromatic N) is 1. The molecule has 28 heavy (non-hydrogen) atoms. The molecule has 2 aromatic rings. The van der Waals surface area contributed by atoms with Crippen LogP contribution in [0.25, 0.3) is 12.2 Å². The van der Waals surface area contributed by atoms with Crippen molar-refractivity contribution in [2.45, 2.75) is 9.79 Å². The zero-order chi connectivity index (χ0) is 19.7. The van der Waals surface area contributed by atoms with Gasteiger partial charge in [-0.15, -0.1) is 0 Å². The molecule has 0 aliphatic heterocycles. The fourth-order valence-corrected chi connectivity index (χ4v) is 3.51. The Hall–Kier alpha value is -0.800. The van der Waals surface area contributed by atoms with Crippen LogP contribution in [0, 0.1) is 10.1 Å². The molecule has 142 valence electrons. The van der Waals surface area contributed by atoms with Crippen molar-refractivity contribution in [3.05, 3.63) is 57.6 Å². The largest absolute Gasteiger partial charge is 1.00 e. The first kappa shape index (κ1) is 27.2. The number of benzene rings is 2. The average Bonchev–Trinajstić information content (AvgIpc) is 2.51. The number of nitro benzene ring substituents is 1. The Bertz CT molecular complexity index is 1140. The number of hydrogen-bond acceptors (Lipinski definition) is 7. The van der Waals surface area contributed by atoms with E-state index in [9.17, 15) is 36.1 Å². The number of nitrogens with two attached hydrogens (primary N) is 1. The average molecular weight is 448 g/mol. The number of anilines is 1. The molecule has 4 N–H and O–H groups in total. The standard InChI is InChI=1S/C14H12N2O8S2.2Na.2H/c15-11-5-3-9(13(7-11)25(19,20)21)1-2-10-4-6-12(16(17)18)8-14(10)26(22,23)24;;;;/h1-8H,15H2,(H,19,20,21)(H,22,23,24);;;;/q;2*+1;2*-1/b2-1+;;;;. The van der Waals surface area contributed by atoms with Crippen LogP contribution in [0.4, 0.5) is 11.4 Å². The molecule has 0 unspecified atom stereocenters. The van der Waals surface area contributed by atoms with Crippen LogP contribution in [-0.2, 0) is 20.2 Å². The molecular formula is C14H14N2Na2O8S2. The van der Waals surface area contributed by atoms with Gasteiger partial charge in [-0.05, 0) is 29.3 Å². The number of nitrogen functional groups attached to an aromatic ring is 1. The van der Waals surface area contributed by atoms with E-state index >= 15 is 0 Å². The van der Waals surface area contributed by atoms with Gasteiger partial charge in [0.2, 0.25) is 0 Å². The minimum Gasteiger partial charge on any atom is -1.00 e. The van der Waals surface area contributed by atoms with Gasteiger partial charge in [0.1, 0.15) is 9.79 Å². The van der Waals surface area contributed by atoms with Crippen LogP contribution in [0.15, 0.2) is 46.2 Å². The summed E-state index contributed by atoms with van der Waals surface area (Å²) in [5.74, 6) is 0. The van der Waals surface area contributed by atoms with Gasteiger partial charge >= 0.3 is 59.1 Å². The van der Waals surface area contributed by atoms with E-state index in [1.807, 2.05) is 0 Å². The van der Waals surface area contributed by atoms with Gasteiger partial charge in [0.05, 0.1) is 4.92 Å². The van der Waals surface area contributed by atoms with Crippen molar-refractivity contribution in [3.63, 3.8) is 0 Å². The number of non-ortho nitro benzene ring substituents is 1. The molecular weight excluding hydrogens is 434 g/mol. The maximum absolute atomic E-state index is 11.5. The van der Waals surface area contributed by atoms with Gasteiger partial charge in [-0.1, -0.05) is 18.2 Å². The molecule has 0 spiro atoms. The van der Waals surface area contributed by atoms with E-state index in [1.54, 1.807) is 0 Å². The predicted molar refractivity (Wildman–Crippen MR) is 94.7 cm³/mol. The topological polar surface area (TPSA) is 178 Å². The molecule has 14 heteroatoms. The van der Waals surface area contributed by atoms with Crippen molar-refractivity contribution < 1.29 is 92.8 Å². The maximum atomic E-state index is 11.5. The molecule has 10 nitrogen and oxygen atoms in total. The third-order valence-corrected chi connectivity index (χ3v) is 5.06. The first-order valence-corrected chi connectivity index (χ1v) is 9.58. The van der Waals surface area contributed by atoms with Gasteiger partial charge in [-0.3, -0.25) is 19.2 Å². The van der Waals surface area contributed by atoms with E-state index in [4.69, 9.17) is 5.73 Å². The van der Waals surface area contributed by atoms with Crippen LogP contribution in [0.3, 0.4) is 0 Å². The van der Waals surface area contributed by atoms with Gasteiger partial charge in [-0.2, -0.15) is 16.8 Å². The minimum atomic E-state index is -4.78. The molecule has 0 heterocycles. The normalized spacial score (nSPS) is 11.5. The molecule has 0 aliphatic carbocycles. The van der Waals surface area contributed by atoms with Gasteiger partial charge in [0, 0.05) is 17.8 Å². The molecule has 0 atom stereocenters. The zero-order valence-electron chi connectivity index (χ0n) is 16.8. The predicted octanol–water partition coefficient (Wildman–Crippen LogP) is -3.93. The summed E-state index contributed by atoms with van der Waals surface area (Å²) >= 11 is 0. The fourth-order valence-electron chi connectivity index (χ4n) is 2.09. The maximum Gasteiger partial charge on any atom is 1.00 e. The Morgan fingerprint density at radius 2 is 1.32 bits per heavy atom. The van der Waals surface area contributed by atoms with Crippen molar-refractivity contribution in [3.8, 4) is 0 Å². The molecule has 0 saturated carbocycles. The molecule has 0 amide bonds. The summed E-state index contributed by atoms with van der Waals surface area (Å²) < 4.78 is 64.3. The van der Waals surface area contributed by atoms with Crippen molar-refractivity contribution in [2.24, 2.45) is 0 Å². The van der Waals surface area contributed by atoms with Crippen molar-refractivity contribution in [1.29, 1.82) is 0 Å². The Morgan fingerprint density at radius 3 is 1.75 bits per heavy atom. The Labute approximate surface area is 208 Å². The Balaban J connectivity index is -0.00000182. The summed E-state index contributed by atoms with van der Waals surface area (Å²) in [4.78, 5) is 8.69. The van der Waals surface area contributed by atoms with E-state index in [0.29, 0.717) is 6.07 Å². The summed E-state index contributed by atoms with van der Waals surface area (Å²) in [6, 6.07) is 6.39. The van der Waals surface area contributed by atoms with Crippen molar-refractivity contribution >= 4 is 43.8 Å². The molecule has 0 aliphatic rings. The summed E-state index contributed by atoms with van der Waals surface area (Å²) in [6.45, 7) is 0. The van der Waals surface area contributed by atoms with E-state index < -0.39 is 40.6 Å². The molecule has 0 fully saturated rings. The van der Waals surface area contributed by atoms with Gasteiger partial charge in [0.25, 0.3) is 25.9 Å². The summed E-state index contributed by atoms with van der Waals surface area (Å²) in [5, 5.41) is 10.8. The second kappa shape index (κ2) is 10.3. The minimum absolute atomic E-state index is 0. The smallest absolute Gasteiger partial charge is 1.00 e. The first-order valence-electron chi connectivity index (χ1n) is 6.70. The zero-order valence-corrected chi connectivity index (χ0v) is 20.4.